The van der Waals surface area contributed by atoms with Gasteiger partial charge in [-0.05, 0) is 71.3 Å². The normalized spacial score (nSPS) is 14.7. The second kappa shape index (κ2) is 8.77. The van der Waals surface area contributed by atoms with Crippen molar-refractivity contribution in [3.63, 3.8) is 0 Å². The van der Waals surface area contributed by atoms with E-state index < -0.39 is 0 Å². The zero-order valence-electron chi connectivity index (χ0n) is 24.8. The number of anilines is 2. The maximum Gasteiger partial charge on any atom is 0.136 e. The second-order valence-corrected chi connectivity index (χ2v) is 12.5. The first-order chi connectivity index (χ1) is 22.8. The molecule has 0 spiro atoms. The van der Waals surface area contributed by atoms with Gasteiger partial charge < -0.3 is 13.7 Å². The predicted molar refractivity (Wildman–Crippen MR) is 191 cm³/mol. The van der Waals surface area contributed by atoms with Gasteiger partial charge in [0, 0.05) is 49.3 Å². The Bertz CT molecular complexity index is 2820. The maximum absolute atomic E-state index is 6.29. The highest BCUT2D eigenvalue weighted by molar-refractivity contribution is 6.26. The van der Waals surface area contributed by atoms with Crippen molar-refractivity contribution < 1.29 is 4.42 Å². The number of para-hydroxylation sites is 4. The van der Waals surface area contributed by atoms with Crippen LogP contribution in [-0.4, -0.2) is 4.40 Å². The molecular formula is C43H26N2O. The Labute approximate surface area is 264 Å². The van der Waals surface area contributed by atoms with Crippen molar-refractivity contribution in [2.24, 2.45) is 0 Å². The average molecular weight is 587 g/mol. The molecule has 46 heavy (non-hydrogen) atoms. The van der Waals surface area contributed by atoms with Gasteiger partial charge in [0.05, 0.1) is 22.6 Å². The van der Waals surface area contributed by atoms with E-state index in [1.54, 1.807) is 0 Å². The second-order valence-electron chi connectivity index (χ2n) is 12.5. The Morgan fingerprint density at radius 3 is 2.24 bits per heavy atom. The molecule has 0 saturated heterocycles. The lowest BCUT2D eigenvalue weighted by atomic mass is 9.86. The highest BCUT2D eigenvalue weighted by Gasteiger charge is 2.36. The van der Waals surface area contributed by atoms with Gasteiger partial charge in [0.1, 0.15) is 11.2 Å². The molecule has 7 aromatic carbocycles. The molecule has 3 aromatic heterocycles. The van der Waals surface area contributed by atoms with Crippen LogP contribution < -0.4 is 4.90 Å². The molecule has 11 rings (SSSR count). The molecule has 1 aliphatic heterocycles. The Balaban J connectivity index is 1.12. The van der Waals surface area contributed by atoms with Crippen LogP contribution in [0.3, 0.4) is 0 Å². The van der Waals surface area contributed by atoms with E-state index in [9.17, 15) is 0 Å². The molecule has 10 aromatic rings. The van der Waals surface area contributed by atoms with E-state index in [0.29, 0.717) is 0 Å². The van der Waals surface area contributed by atoms with E-state index in [1.807, 2.05) is 12.1 Å². The third-order valence-corrected chi connectivity index (χ3v) is 10.2. The number of rotatable bonds is 3. The van der Waals surface area contributed by atoms with Crippen LogP contribution in [0.1, 0.15) is 17.2 Å². The van der Waals surface area contributed by atoms with Crippen LogP contribution in [0, 0.1) is 0 Å². The van der Waals surface area contributed by atoms with Crippen LogP contribution in [0.15, 0.2) is 156 Å². The van der Waals surface area contributed by atoms with E-state index >= 15 is 0 Å². The molecule has 0 amide bonds. The van der Waals surface area contributed by atoms with Crippen LogP contribution in [-0.2, 0) is 0 Å². The van der Waals surface area contributed by atoms with Gasteiger partial charge in [-0.15, -0.1) is 0 Å². The monoisotopic (exact) mass is 586 g/mol. The maximum atomic E-state index is 6.29. The van der Waals surface area contributed by atoms with Crippen LogP contribution in [0.25, 0.3) is 71.2 Å². The number of fused-ring (bicyclic) bond motifs is 10. The van der Waals surface area contributed by atoms with Gasteiger partial charge in [0.25, 0.3) is 0 Å². The summed E-state index contributed by atoms with van der Waals surface area (Å²) in [4.78, 5) is 2.47. The van der Waals surface area contributed by atoms with E-state index in [1.165, 1.54) is 71.7 Å². The molecule has 0 fully saturated rings. The van der Waals surface area contributed by atoms with Gasteiger partial charge in [-0.2, -0.15) is 0 Å². The van der Waals surface area contributed by atoms with Crippen molar-refractivity contribution in [3.8, 4) is 11.1 Å². The number of hydrogen-bond donors (Lipinski definition) is 0. The van der Waals surface area contributed by atoms with Crippen molar-refractivity contribution >= 4 is 71.4 Å². The summed E-state index contributed by atoms with van der Waals surface area (Å²) in [6.45, 7) is 0. The molecule has 1 atom stereocenters. The summed E-state index contributed by atoms with van der Waals surface area (Å²) in [5.74, 6) is 0. The molecule has 0 radical (unpaired) electrons. The number of nitrogens with zero attached hydrogens (tertiary/aromatic N) is 2. The minimum atomic E-state index is 0.180. The summed E-state index contributed by atoms with van der Waals surface area (Å²) < 4.78 is 8.77. The van der Waals surface area contributed by atoms with Crippen LogP contribution in [0.4, 0.5) is 11.4 Å². The first kappa shape index (κ1) is 24.3. The first-order valence-electron chi connectivity index (χ1n) is 15.9. The highest BCUT2D eigenvalue weighted by Crippen LogP contribution is 2.52. The number of hydrogen-bond acceptors (Lipinski definition) is 2. The molecule has 214 valence electrons. The van der Waals surface area contributed by atoms with Crippen molar-refractivity contribution in [1.29, 1.82) is 0 Å². The summed E-state index contributed by atoms with van der Waals surface area (Å²) in [5.41, 5.74) is 13.2. The van der Waals surface area contributed by atoms with Crippen LogP contribution >= 0.6 is 0 Å². The Hall–Kier alpha value is -6.06. The van der Waals surface area contributed by atoms with Gasteiger partial charge in [-0.1, -0.05) is 97.1 Å². The molecule has 0 aliphatic carbocycles. The smallest absolute Gasteiger partial charge is 0.136 e. The van der Waals surface area contributed by atoms with Gasteiger partial charge in [-0.25, -0.2) is 0 Å². The standard InChI is InChI=1S/C43H26N2O/c1-2-10-28(11-3-1)44-36-17-6-4-13-33(36)42(44)27-21-23-37-35(24-27)32-15-8-16-34-41-29(14-9-18-38(41)45(37)43(32)34)26-20-22-31-30-12-5-7-19-39(30)46-40(31)25-26/h1-25,42H. The number of benzene rings is 7. The average Bonchev–Trinajstić information content (AvgIpc) is 3.76. The SMILES string of the molecule is c1ccc(N2c3ccccc3C2c2ccc3c(c2)c2cccc4c5c(-c6ccc7c(c6)oc6ccccc67)cccc5n3c24)cc1. The third-order valence-electron chi connectivity index (χ3n) is 10.2. The number of furan rings is 1. The van der Waals surface area contributed by atoms with Gasteiger partial charge in [0.15, 0.2) is 0 Å². The number of aromatic nitrogens is 1. The molecule has 3 nitrogen and oxygen atoms in total. The Morgan fingerprint density at radius 1 is 0.500 bits per heavy atom. The lowest BCUT2D eigenvalue weighted by Crippen LogP contribution is -2.34. The Morgan fingerprint density at radius 2 is 1.28 bits per heavy atom. The molecule has 0 bridgehead atoms. The fraction of sp³-hybridized carbons (Fsp3) is 0.0233. The van der Waals surface area contributed by atoms with Gasteiger partial charge in [0.2, 0.25) is 0 Å². The molecule has 3 heteroatoms. The van der Waals surface area contributed by atoms with Gasteiger partial charge in [-0.3, -0.25) is 0 Å². The molecule has 0 saturated carbocycles. The first-order valence-corrected chi connectivity index (χ1v) is 15.9. The minimum absolute atomic E-state index is 0.180. The molecular weight excluding hydrogens is 560 g/mol. The van der Waals surface area contributed by atoms with E-state index in [2.05, 4.69) is 149 Å². The summed E-state index contributed by atoms with van der Waals surface area (Å²) in [6.07, 6.45) is 0. The van der Waals surface area contributed by atoms with E-state index in [0.717, 1.165) is 21.9 Å². The largest absolute Gasteiger partial charge is 0.456 e. The zero-order valence-corrected chi connectivity index (χ0v) is 24.8. The topological polar surface area (TPSA) is 20.8 Å². The van der Waals surface area contributed by atoms with Crippen molar-refractivity contribution in [3.05, 3.63) is 163 Å². The summed E-state index contributed by atoms with van der Waals surface area (Å²) in [5, 5.41) is 7.47. The van der Waals surface area contributed by atoms with Gasteiger partial charge >= 0.3 is 0 Å². The van der Waals surface area contributed by atoms with Crippen LogP contribution in [0.5, 0.6) is 0 Å². The quantitative estimate of drug-likeness (QED) is 0.205. The third kappa shape index (κ3) is 3.07. The minimum Gasteiger partial charge on any atom is -0.456 e. The molecule has 0 N–H and O–H groups in total. The molecule has 4 heterocycles. The Kier molecular flexibility index (Phi) is 4.63. The zero-order chi connectivity index (χ0) is 29.9. The lowest BCUT2D eigenvalue weighted by Gasteiger charge is -2.45. The van der Waals surface area contributed by atoms with E-state index in [-0.39, 0.29) is 6.04 Å². The molecule has 1 unspecified atom stereocenters. The predicted octanol–water partition coefficient (Wildman–Crippen LogP) is 11.6. The fourth-order valence-corrected chi connectivity index (χ4v) is 8.21. The van der Waals surface area contributed by atoms with Crippen molar-refractivity contribution in [2.75, 3.05) is 4.90 Å². The van der Waals surface area contributed by atoms with Crippen LogP contribution in [0.2, 0.25) is 0 Å². The summed E-state index contributed by atoms with van der Waals surface area (Å²) >= 11 is 0. The fourth-order valence-electron chi connectivity index (χ4n) is 8.21. The summed E-state index contributed by atoms with van der Waals surface area (Å²) in [7, 11) is 0. The van der Waals surface area contributed by atoms with Crippen molar-refractivity contribution in [1.82, 2.24) is 4.40 Å². The van der Waals surface area contributed by atoms with Crippen molar-refractivity contribution in [2.45, 2.75) is 6.04 Å². The molecule has 1 aliphatic rings. The lowest BCUT2D eigenvalue weighted by molar-refractivity contribution is 0.669. The summed E-state index contributed by atoms with van der Waals surface area (Å²) in [6, 6.07) is 55.3. The van der Waals surface area contributed by atoms with E-state index in [4.69, 9.17) is 4.42 Å². The highest BCUT2D eigenvalue weighted by atomic mass is 16.3.